The number of H-pyrrole nitrogens is 1. The highest BCUT2D eigenvalue weighted by molar-refractivity contribution is 5.89. The van der Waals surface area contributed by atoms with Crippen molar-refractivity contribution in [1.82, 2.24) is 10.1 Å². The third kappa shape index (κ3) is 1.50. The second kappa shape index (κ2) is 3.52. The molecule has 5 nitrogen and oxygen atoms in total. The Morgan fingerprint density at radius 2 is 2.12 bits per heavy atom. The molecule has 84 valence electrons. The molecular weight excluding hydrogens is 208 g/mol. The van der Waals surface area contributed by atoms with Gasteiger partial charge >= 0.3 is 5.97 Å². The van der Waals surface area contributed by atoms with Crippen molar-refractivity contribution in [3.05, 3.63) is 28.8 Å². The van der Waals surface area contributed by atoms with Gasteiger partial charge in [0.15, 0.2) is 0 Å². The second-order valence-electron chi connectivity index (χ2n) is 3.75. The summed E-state index contributed by atoms with van der Waals surface area (Å²) in [5, 5.41) is 12.8. The van der Waals surface area contributed by atoms with E-state index in [-0.39, 0.29) is 5.69 Å². The predicted octanol–water partition coefficient (Wildman–Crippen LogP) is 2.29. The fourth-order valence-electron chi connectivity index (χ4n) is 1.78. The molecule has 0 aliphatic heterocycles. The Bertz CT molecular complexity index is 532. The summed E-state index contributed by atoms with van der Waals surface area (Å²) >= 11 is 0. The van der Waals surface area contributed by atoms with Gasteiger partial charge in [-0.15, -0.1) is 0 Å². The Hall–Kier alpha value is -2.04. The van der Waals surface area contributed by atoms with E-state index >= 15 is 0 Å². The van der Waals surface area contributed by atoms with E-state index in [0.29, 0.717) is 11.3 Å². The largest absolute Gasteiger partial charge is 0.477 e. The van der Waals surface area contributed by atoms with Crippen molar-refractivity contribution < 1.29 is 14.4 Å². The molecule has 0 spiro atoms. The molecule has 0 saturated heterocycles. The van der Waals surface area contributed by atoms with Crippen LogP contribution in [0.2, 0.25) is 0 Å². The van der Waals surface area contributed by atoms with Gasteiger partial charge in [-0.3, -0.25) is 0 Å². The quantitative estimate of drug-likeness (QED) is 0.813. The van der Waals surface area contributed by atoms with E-state index in [9.17, 15) is 4.79 Å². The molecule has 2 rings (SSSR count). The molecule has 2 heterocycles. The van der Waals surface area contributed by atoms with Crippen LogP contribution >= 0.6 is 0 Å². The Kier molecular flexibility index (Phi) is 2.30. The van der Waals surface area contributed by atoms with Gasteiger partial charge in [-0.25, -0.2) is 4.79 Å². The third-order valence-corrected chi connectivity index (χ3v) is 2.53. The summed E-state index contributed by atoms with van der Waals surface area (Å²) in [4.78, 5) is 13.8. The summed E-state index contributed by atoms with van der Waals surface area (Å²) in [5.41, 5.74) is 3.20. The number of aromatic amines is 1. The number of aryl methyl sites for hydroxylation is 3. The van der Waals surface area contributed by atoms with Gasteiger partial charge in [-0.2, -0.15) is 0 Å². The standard InChI is InChI=1S/C11H12N2O3/c1-5-4-8(12-10(5)11(14)15)9-6(2)13-16-7(9)3/h4,12H,1-3H3,(H,14,15). The van der Waals surface area contributed by atoms with Crippen LogP contribution in [0.25, 0.3) is 11.3 Å². The van der Waals surface area contributed by atoms with Crippen molar-refractivity contribution in [3.63, 3.8) is 0 Å². The van der Waals surface area contributed by atoms with Gasteiger partial charge in [0.2, 0.25) is 0 Å². The fraction of sp³-hybridized carbons (Fsp3) is 0.273. The van der Waals surface area contributed by atoms with Gasteiger partial charge in [0.1, 0.15) is 11.5 Å². The lowest BCUT2D eigenvalue weighted by Gasteiger charge is -1.94. The van der Waals surface area contributed by atoms with Gasteiger partial charge in [0.25, 0.3) is 0 Å². The van der Waals surface area contributed by atoms with Gasteiger partial charge in [-0.1, -0.05) is 5.16 Å². The summed E-state index contributed by atoms with van der Waals surface area (Å²) in [7, 11) is 0. The van der Waals surface area contributed by atoms with E-state index < -0.39 is 5.97 Å². The summed E-state index contributed by atoms with van der Waals surface area (Å²) in [6.45, 7) is 5.37. The molecule has 0 fully saturated rings. The van der Waals surface area contributed by atoms with Crippen molar-refractivity contribution >= 4 is 5.97 Å². The minimum atomic E-state index is -0.962. The first-order valence-corrected chi connectivity index (χ1v) is 4.87. The van der Waals surface area contributed by atoms with Gasteiger partial charge in [-0.05, 0) is 32.4 Å². The SMILES string of the molecule is Cc1cc(-c2c(C)noc2C)[nH]c1C(=O)O. The zero-order valence-electron chi connectivity index (χ0n) is 9.29. The number of hydrogen-bond donors (Lipinski definition) is 2. The number of aromatic carboxylic acids is 1. The molecule has 0 aliphatic rings. The highest BCUT2D eigenvalue weighted by Crippen LogP contribution is 2.27. The molecule has 5 heteroatoms. The molecule has 2 aromatic rings. The molecule has 16 heavy (non-hydrogen) atoms. The number of aromatic nitrogens is 2. The van der Waals surface area contributed by atoms with Crippen LogP contribution in [-0.2, 0) is 0 Å². The summed E-state index contributed by atoms with van der Waals surface area (Å²) in [5.74, 6) is -0.286. The zero-order valence-corrected chi connectivity index (χ0v) is 9.29. The lowest BCUT2D eigenvalue weighted by atomic mass is 10.1. The molecule has 2 aromatic heterocycles. The number of carbonyl (C=O) groups is 1. The van der Waals surface area contributed by atoms with Crippen LogP contribution in [0, 0.1) is 20.8 Å². The molecule has 0 aromatic carbocycles. The topological polar surface area (TPSA) is 79.1 Å². The van der Waals surface area contributed by atoms with E-state index in [0.717, 1.165) is 17.0 Å². The normalized spacial score (nSPS) is 10.7. The first kappa shape index (κ1) is 10.5. The molecule has 0 bridgehead atoms. The molecule has 0 unspecified atom stereocenters. The first-order valence-electron chi connectivity index (χ1n) is 4.87. The number of nitrogens with one attached hydrogen (secondary N) is 1. The number of rotatable bonds is 2. The average molecular weight is 220 g/mol. The maximum atomic E-state index is 10.9. The molecule has 0 saturated carbocycles. The summed E-state index contributed by atoms with van der Waals surface area (Å²) in [6, 6.07) is 1.79. The zero-order chi connectivity index (χ0) is 11.9. The highest BCUT2D eigenvalue weighted by Gasteiger charge is 2.17. The van der Waals surface area contributed by atoms with Crippen molar-refractivity contribution in [1.29, 1.82) is 0 Å². The monoisotopic (exact) mass is 220 g/mol. The van der Waals surface area contributed by atoms with E-state index in [2.05, 4.69) is 10.1 Å². The molecule has 0 aliphatic carbocycles. The molecule has 0 radical (unpaired) electrons. The number of nitrogens with zero attached hydrogens (tertiary/aromatic N) is 1. The van der Waals surface area contributed by atoms with Crippen LogP contribution in [-0.4, -0.2) is 21.2 Å². The summed E-state index contributed by atoms with van der Waals surface area (Å²) in [6.07, 6.45) is 0. The van der Waals surface area contributed by atoms with Crippen LogP contribution in [0.4, 0.5) is 0 Å². The van der Waals surface area contributed by atoms with Crippen LogP contribution in [0.15, 0.2) is 10.6 Å². The van der Waals surface area contributed by atoms with E-state index in [1.165, 1.54) is 0 Å². The Morgan fingerprint density at radius 3 is 2.56 bits per heavy atom. The first-order chi connectivity index (χ1) is 7.50. The minimum absolute atomic E-state index is 0.204. The Morgan fingerprint density at radius 1 is 1.44 bits per heavy atom. The second-order valence-corrected chi connectivity index (χ2v) is 3.75. The summed E-state index contributed by atoms with van der Waals surface area (Å²) < 4.78 is 5.04. The van der Waals surface area contributed by atoms with Gasteiger partial charge in [0.05, 0.1) is 17.0 Å². The van der Waals surface area contributed by atoms with E-state index in [1.807, 2.05) is 6.92 Å². The lowest BCUT2D eigenvalue weighted by Crippen LogP contribution is -1.98. The Labute approximate surface area is 92.1 Å². The molecular formula is C11H12N2O3. The van der Waals surface area contributed by atoms with Crippen LogP contribution in [0.5, 0.6) is 0 Å². The Balaban J connectivity index is 2.58. The van der Waals surface area contributed by atoms with E-state index in [1.54, 1.807) is 19.9 Å². The fourth-order valence-corrected chi connectivity index (χ4v) is 1.78. The highest BCUT2D eigenvalue weighted by atomic mass is 16.5. The van der Waals surface area contributed by atoms with Crippen LogP contribution < -0.4 is 0 Å². The van der Waals surface area contributed by atoms with Crippen LogP contribution in [0.3, 0.4) is 0 Å². The van der Waals surface area contributed by atoms with Gasteiger partial charge < -0.3 is 14.6 Å². The van der Waals surface area contributed by atoms with Crippen molar-refractivity contribution in [2.45, 2.75) is 20.8 Å². The number of carboxylic acids is 1. The van der Waals surface area contributed by atoms with E-state index in [4.69, 9.17) is 9.63 Å². The molecule has 2 N–H and O–H groups in total. The third-order valence-electron chi connectivity index (χ3n) is 2.53. The molecule has 0 amide bonds. The maximum absolute atomic E-state index is 10.9. The lowest BCUT2D eigenvalue weighted by molar-refractivity contribution is 0.0690. The number of carboxylic acid groups (broad SMARTS) is 1. The smallest absolute Gasteiger partial charge is 0.352 e. The maximum Gasteiger partial charge on any atom is 0.352 e. The van der Waals surface area contributed by atoms with Crippen molar-refractivity contribution in [2.75, 3.05) is 0 Å². The predicted molar refractivity (Wildman–Crippen MR) is 57.5 cm³/mol. The minimum Gasteiger partial charge on any atom is -0.477 e. The van der Waals surface area contributed by atoms with Crippen molar-refractivity contribution in [2.24, 2.45) is 0 Å². The average Bonchev–Trinajstić information content (AvgIpc) is 2.70. The van der Waals surface area contributed by atoms with Crippen molar-refractivity contribution in [3.8, 4) is 11.3 Å². The van der Waals surface area contributed by atoms with Crippen LogP contribution in [0.1, 0.15) is 27.5 Å². The van der Waals surface area contributed by atoms with Gasteiger partial charge in [0, 0.05) is 0 Å². The molecule has 0 atom stereocenters. The number of hydrogen-bond acceptors (Lipinski definition) is 3.